The zero-order chi connectivity index (χ0) is 45.3. The van der Waals surface area contributed by atoms with Gasteiger partial charge in [0.15, 0.2) is 36.7 Å². The van der Waals surface area contributed by atoms with Crippen LogP contribution in [0.4, 0.5) is 0 Å². The van der Waals surface area contributed by atoms with Crippen molar-refractivity contribution in [2.45, 2.75) is 85.9 Å². The molecule has 3 aliphatic rings. The number of carbonyl (C=O) groups excluding carboxylic acids is 4. The van der Waals surface area contributed by atoms with Crippen molar-refractivity contribution in [1.29, 1.82) is 0 Å². The van der Waals surface area contributed by atoms with Gasteiger partial charge in [0, 0.05) is 17.8 Å². The Morgan fingerprint density at radius 3 is 1.45 bits per heavy atom. The summed E-state index contributed by atoms with van der Waals surface area (Å²) in [4.78, 5) is 56.7. The molecule has 3 saturated heterocycles. The Kier molecular flexibility index (Phi) is 14.7. The monoisotopic (exact) mass is 904 g/mol. The third-order valence-corrected chi connectivity index (χ3v) is 11.9. The minimum Gasteiger partial charge on any atom is -0.459 e. The van der Waals surface area contributed by atoms with Gasteiger partial charge in [0.1, 0.15) is 31.0 Å². The van der Waals surface area contributed by atoms with Gasteiger partial charge in [0.2, 0.25) is 0 Å². The normalized spacial score (nSPS) is 26.8. The minimum atomic E-state index is -1.65. The fourth-order valence-corrected chi connectivity index (χ4v) is 8.77. The maximum atomic E-state index is 14.1. The Labute approximate surface area is 380 Å². The Morgan fingerprint density at radius 1 is 0.508 bits per heavy atom. The van der Waals surface area contributed by atoms with Gasteiger partial charge in [-0.05, 0) is 74.5 Å². The maximum Gasteiger partial charge on any atom is 0.338 e. The number of hydrogen-bond donors (Lipinski definition) is 0. The largest absolute Gasteiger partial charge is 0.459 e. The molecule has 5 aromatic carbocycles. The molecule has 10 atom stereocenters. The first-order valence-corrected chi connectivity index (χ1v) is 22.1. The van der Waals surface area contributed by atoms with Gasteiger partial charge in [-0.2, -0.15) is 0 Å². The van der Waals surface area contributed by atoms with E-state index in [1.165, 1.54) is 7.11 Å². The highest BCUT2D eigenvalue weighted by Crippen LogP contribution is 2.42. The van der Waals surface area contributed by atoms with Crippen molar-refractivity contribution in [2.24, 2.45) is 0 Å². The van der Waals surface area contributed by atoms with E-state index in [9.17, 15) is 19.2 Å². The molecular weight excluding hydrogens is 857 g/mol. The molecule has 0 spiro atoms. The summed E-state index contributed by atoms with van der Waals surface area (Å²) in [7, 11) is 1.45. The summed E-state index contributed by atoms with van der Waals surface area (Å²) in [6.07, 6.45) is -12.2. The minimum absolute atomic E-state index is 0.144. The lowest BCUT2D eigenvalue weighted by molar-refractivity contribution is -0.352. The quantitative estimate of drug-likeness (QED) is 0.0584. The highest BCUT2D eigenvalue weighted by atomic mass is 32.2. The Bertz CT molecular complexity index is 2350. The van der Waals surface area contributed by atoms with Crippen LogP contribution < -0.4 is 0 Å². The molecule has 15 heteroatoms. The van der Waals surface area contributed by atoms with Crippen LogP contribution >= 0.6 is 11.8 Å². The molecule has 0 radical (unpaired) electrons. The summed E-state index contributed by atoms with van der Waals surface area (Å²) in [5.74, 6) is -3.85. The molecule has 3 aliphatic heterocycles. The first kappa shape index (κ1) is 45.7. The summed E-state index contributed by atoms with van der Waals surface area (Å²) >= 11 is 1.57. The summed E-state index contributed by atoms with van der Waals surface area (Å²) in [6.45, 7) is 3.01. The second-order valence-electron chi connectivity index (χ2n) is 15.8. The van der Waals surface area contributed by atoms with Gasteiger partial charge in [0.05, 0.1) is 28.4 Å². The maximum absolute atomic E-state index is 14.1. The average molecular weight is 905 g/mol. The summed E-state index contributed by atoms with van der Waals surface area (Å²) in [6, 6.07) is 42.5. The van der Waals surface area contributed by atoms with Crippen LogP contribution in [0.1, 0.15) is 55.3 Å². The van der Waals surface area contributed by atoms with E-state index in [0.29, 0.717) is 5.75 Å². The predicted octanol–water partition coefficient (Wildman–Crippen LogP) is 7.31. The van der Waals surface area contributed by atoms with Crippen molar-refractivity contribution in [3.05, 3.63) is 174 Å². The van der Waals surface area contributed by atoms with Crippen LogP contribution in [0.25, 0.3) is 0 Å². The van der Waals surface area contributed by atoms with Crippen LogP contribution in [0, 0.1) is 0 Å². The molecule has 0 unspecified atom stereocenters. The van der Waals surface area contributed by atoms with Gasteiger partial charge < -0.3 is 47.4 Å². The molecular formula is C50H48O14S. The number of thioether (sulfide) groups is 1. The lowest BCUT2D eigenvalue weighted by Crippen LogP contribution is -2.66. The van der Waals surface area contributed by atoms with E-state index in [4.69, 9.17) is 47.4 Å². The van der Waals surface area contributed by atoms with Gasteiger partial charge >= 0.3 is 23.9 Å². The van der Waals surface area contributed by atoms with Gasteiger partial charge in [0.25, 0.3) is 0 Å². The lowest BCUT2D eigenvalue weighted by atomic mass is 9.96. The number of rotatable bonds is 15. The number of hydrogen-bond acceptors (Lipinski definition) is 15. The molecule has 65 heavy (non-hydrogen) atoms. The van der Waals surface area contributed by atoms with E-state index in [1.807, 2.05) is 30.3 Å². The van der Waals surface area contributed by atoms with Crippen LogP contribution in [0.5, 0.6) is 0 Å². The van der Waals surface area contributed by atoms with E-state index >= 15 is 0 Å². The Balaban J connectivity index is 1.19. The SMILES string of the molecule is CO[C@@H]1O[C@H](CSc2ccccc2)[C@@H]2OC(C)(C)O[C@@H]2[C@H]1O[C@H]1O[C@H](COC(=O)c2ccccc2)[C@@H](OC(=O)c2ccccc2)[C@H](OC(=O)c2ccccc2)[C@H]1OC(=O)c1ccccc1. The van der Waals surface area contributed by atoms with Crippen molar-refractivity contribution < 1.29 is 66.5 Å². The first-order valence-electron chi connectivity index (χ1n) is 21.1. The number of carbonyl (C=O) groups is 4. The van der Waals surface area contributed by atoms with E-state index in [-0.39, 0.29) is 22.3 Å². The summed E-state index contributed by atoms with van der Waals surface area (Å²) in [5, 5.41) is 0. The molecule has 5 aromatic rings. The Hall–Kier alpha value is -5.91. The lowest BCUT2D eigenvalue weighted by Gasteiger charge is -2.47. The molecule has 0 saturated carbocycles. The number of esters is 4. The molecule has 0 aliphatic carbocycles. The zero-order valence-electron chi connectivity index (χ0n) is 35.7. The fraction of sp³-hybridized carbons (Fsp3) is 0.320. The highest BCUT2D eigenvalue weighted by molar-refractivity contribution is 7.99. The van der Waals surface area contributed by atoms with Gasteiger partial charge in [-0.3, -0.25) is 0 Å². The van der Waals surface area contributed by atoms with Crippen molar-refractivity contribution in [3.63, 3.8) is 0 Å². The number of methoxy groups -OCH3 is 1. The van der Waals surface area contributed by atoms with E-state index in [0.717, 1.165) is 4.90 Å². The van der Waals surface area contributed by atoms with Gasteiger partial charge in [-0.1, -0.05) is 91.0 Å². The molecule has 3 heterocycles. The fourth-order valence-electron chi connectivity index (χ4n) is 7.79. The molecule has 8 rings (SSSR count). The Morgan fingerprint density at radius 2 is 0.938 bits per heavy atom. The molecule has 0 bridgehead atoms. The van der Waals surface area contributed by atoms with Crippen LogP contribution in [0.3, 0.4) is 0 Å². The van der Waals surface area contributed by atoms with Crippen molar-refractivity contribution in [2.75, 3.05) is 19.5 Å². The molecule has 14 nitrogen and oxygen atoms in total. The molecule has 0 N–H and O–H groups in total. The van der Waals surface area contributed by atoms with Gasteiger partial charge in [-0.25, -0.2) is 19.2 Å². The second-order valence-corrected chi connectivity index (χ2v) is 16.9. The van der Waals surface area contributed by atoms with E-state index in [2.05, 4.69) is 0 Å². The van der Waals surface area contributed by atoms with Crippen LogP contribution in [0.2, 0.25) is 0 Å². The number of ether oxygens (including phenoxy) is 10. The third-order valence-electron chi connectivity index (χ3n) is 10.8. The summed E-state index contributed by atoms with van der Waals surface area (Å²) in [5.41, 5.74) is 0.696. The first-order chi connectivity index (χ1) is 31.6. The van der Waals surface area contributed by atoms with Crippen molar-refractivity contribution >= 4 is 35.6 Å². The van der Waals surface area contributed by atoms with Gasteiger partial charge in [-0.15, -0.1) is 11.8 Å². The topological polar surface area (TPSA) is 161 Å². The van der Waals surface area contributed by atoms with E-state index in [1.54, 1.807) is 147 Å². The summed E-state index contributed by atoms with van der Waals surface area (Å²) < 4.78 is 63.5. The molecule has 0 aromatic heterocycles. The number of fused-ring (bicyclic) bond motifs is 1. The predicted molar refractivity (Wildman–Crippen MR) is 234 cm³/mol. The van der Waals surface area contributed by atoms with Crippen molar-refractivity contribution in [3.8, 4) is 0 Å². The van der Waals surface area contributed by atoms with Crippen LogP contribution in [-0.4, -0.2) is 111 Å². The third kappa shape index (κ3) is 11.1. The average Bonchev–Trinajstić information content (AvgIpc) is 3.68. The smallest absolute Gasteiger partial charge is 0.338 e. The standard InChI is InChI=1S/C50H48O14S/c1-50(2)63-39-37(30-65-35-27-17-8-18-28-35)58-48(55-3)43(41(39)64-50)62-49-42(61-47(54)34-25-15-7-16-26-34)40(60-46(53)33-23-13-6-14-24-33)38(59-45(52)32-21-11-5-12-22-32)36(57-49)29-56-44(51)31-19-9-4-10-20-31/h4-28,36-43,48-49H,29-30H2,1-3H3/t36-,37-,38-,39+,40+,41+,42-,43-,48-,49-/m1/s1. The van der Waals surface area contributed by atoms with Crippen LogP contribution in [-0.2, 0) is 47.4 Å². The zero-order valence-corrected chi connectivity index (χ0v) is 36.6. The molecule has 338 valence electrons. The number of benzene rings is 5. The van der Waals surface area contributed by atoms with E-state index < -0.39 is 97.7 Å². The van der Waals surface area contributed by atoms with Crippen LogP contribution in [0.15, 0.2) is 157 Å². The molecule has 3 fully saturated rings. The molecule has 0 amide bonds. The van der Waals surface area contributed by atoms with Crippen molar-refractivity contribution in [1.82, 2.24) is 0 Å². The second kappa shape index (κ2) is 20.9. The highest BCUT2D eigenvalue weighted by Gasteiger charge is 2.60.